The van der Waals surface area contributed by atoms with Crippen molar-refractivity contribution in [3.8, 4) is 17.2 Å². The number of fused-ring (bicyclic) bond motifs is 1. The summed E-state index contributed by atoms with van der Waals surface area (Å²) in [7, 11) is 0. The largest absolute Gasteiger partial charge is 0.454 e. The second-order valence-corrected chi connectivity index (χ2v) is 6.83. The maximum absolute atomic E-state index is 11.9. The molecule has 0 unspecified atom stereocenters. The smallest absolute Gasteiger partial charge is 0.349 e. The molecule has 0 saturated carbocycles. The summed E-state index contributed by atoms with van der Waals surface area (Å²) in [6, 6.07) is 7.99. The Kier molecular flexibility index (Phi) is 4.66. The number of H-pyrrole nitrogens is 1. The average Bonchev–Trinajstić information content (AvgIpc) is 2.64. The maximum Gasteiger partial charge on any atom is 0.349 e. The Morgan fingerprint density at radius 2 is 1.82 bits per heavy atom. The van der Waals surface area contributed by atoms with Crippen molar-refractivity contribution in [2.24, 2.45) is 0 Å². The number of ether oxygens (including phenoxy) is 1. The van der Waals surface area contributed by atoms with Crippen LogP contribution in [0.2, 0.25) is 10.0 Å². The summed E-state index contributed by atoms with van der Waals surface area (Å²) < 4.78 is 6.78. The van der Waals surface area contributed by atoms with Gasteiger partial charge in [-0.2, -0.15) is 9.78 Å². The van der Waals surface area contributed by atoms with Crippen LogP contribution in [0.15, 0.2) is 46.1 Å². The molecule has 4 rings (SSSR count). The van der Waals surface area contributed by atoms with Gasteiger partial charge in [0, 0.05) is 12.1 Å². The van der Waals surface area contributed by atoms with Crippen LogP contribution in [0.4, 0.5) is 0 Å². The predicted molar refractivity (Wildman–Crippen MR) is 103 cm³/mol. The predicted octanol–water partition coefficient (Wildman–Crippen LogP) is 2.31. The number of rotatable bonds is 3. The van der Waals surface area contributed by atoms with E-state index in [0.717, 1.165) is 16.4 Å². The highest BCUT2D eigenvalue weighted by Gasteiger charge is 2.18. The lowest BCUT2D eigenvalue weighted by Crippen LogP contribution is -2.31. The van der Waals surface area contributed by atoms with E-state index in [1.54, 1.807) is 18.2 Å². The summed E-state index contributed by atoms with van der Waals surface area (Å²) >= 11 is 12.6. The van der Waals surface area contributed by atoms with E-state index in [4.69, 9.17) is 27.9 Å². The van der Waals surface area contributed by atoms with Crippen molar-refractivity contribution >= 4 is 29.1 Å². The highest BCUT2D eigenvalue weighted by molar-refractivity contribution is 6.37. The number of carbonyl (C=O) groups is 1. The van der Waals surface area contributed by atoms with E-state index in [2.05, 4.69) is 15.4 Å². The zero-order valence-corrected chi connectivity index (χ0v) is 15.7. The number of aromatic nitrogens is 3. The fourth-order valence-electron chi connectivity index (χ4n) is 2.89. The first-order chi connectivity index (χ1) is 13.4. The summed E-state index contributed by atoms with van der Waals surface area (Å²) in [5, 5.41) is 6.84. The van der Waals surface area contributed by atoms with Gasteiger partial charge in [-0.3, -0.25) is 14.6 Å². The van der Waals surface area contributed by atoms with Gasteiger partial charge in [0.05, 0.1) is 15.7 Å². The van der Waals surface area contributed by atoms with Gasteiger partial charge in [-0.05, 0) is 42.3 Å². The Labute approximate surface area is 167 Å². The third-order valence-electron chi connectivity index (χ3n) is 4.16. The summed E-state index contributed by atoms with van der Waals surface area (Å²) in [6.45, 7) is 0.562. The molecule has 2 N–H and O–H groups in total. The SMILES string of the molecule is O=C1NCCc2cc(Oc3c(Cl)cc(-n4ncc(=O)[nH]c4=O)cc3Cl)ccc21. The van der Waals surface area contributed by atoms with Crippen molar-refractivity contribution in [2.75, 3.05) is 6.54 Å². The molecule has 8 nitrogen and oxygen atoms in total. The van der Waals surface area contributed by atoms with Gasteiger partial charge >= 0.3 is 5.69 Å². The Balaban J connectivity index is 1.69. The van der Waals surface area contributed by atoms with Crippen LogP contribution in [-0.4, -0.2) is 27.2 Å². The van der Waals surface area contributed by atoms with Crippen LogP contribution in [0.3, 0.4) is 0 Å². The van der Waals surface area contributed by atoms with Gasteiger partial charge in [0.1, 0.15) is 11.9 Å². The molecular formula is C18H12Cl2N4O4. The molecule has 1 aliphatic rings. The number of hydrogen-bond acceptors (Lipinski definition) is 5. The highest BCUT2D eigenvalue weighted by Crippen LogP contribution is 2.38. The second-order valence-electron chi connectivity index (χ2n) is 6.02. The van der Waals surface area contributed by atoms with Crippen molar-refractivity contribution in [3.05, 3.63) is 78.5 Å². The highest BCUT2D eigenvalue weighted by atomic mass is 35.5. The van der Waals surface area contributed by atoms with Crippen molar-refractivity contribution in [1.82, 2.24) is 20.1 Å². The molecule has 0 bridgehead atoms. The second kappa shape index (κ2) is 7.14. The molecule has 2 aromatic carbocycles. The average molecular weight is 419 g/mol. The summed E-state index contributed by atoms with van der Waals surface area (Å²) in [5.74, 6) is 0.557. The minimum atomic E-state index is -0.721. The number of amides is 1. The quantitative estimate of drug-likeness (QED) is 0.678. The number of aromatic amines is 1. The zero-order valence-electron chi connectivity index (χ0n) is 14.2. The van der Waals surface area contributed by atoms with Gasteiger partial charge in [0.25, 0.3) is 11.5 Å². The third-order valence-corrected chi connectivity index (χ3v) is 4.72. The molecular weight excluding hydrogens is 407 g/mol. The molecule has 28 heavy (non-hydrogen) atoms. The summed E-state index contributed by atoms with van der Waals surface area (Å²) in [6.07, 6.45) is 1.66. The van der Waals surface area contributed by atoms with Crippen LogP contribution in [-0.2, 0) is 6.42 Å². The summed E-state index contributed by atoms with van der Waals surface area (Å²) in [4.78, 5) is 37.0. The molecule has 1 aliphatic heterocycles. The molecule has 10 heteroatoms. The fourth-order valence-corrected chi connectivity index (χ4v) is 3.44. The van der Waals surface area contributed by atoms with E-state index < -0.39 is 11.2 Å². The molecule has 0 radical (unpaired) electrons. The molecule has 0 aliphatic carbocycles. The number of halogens is 2. The standard InChI is InChI=1S/C18H12Cl2N4O4/c19-13-6-10(24-18(27)23-15(25)8-22-24)7-14(20)16(13)28-11-1-2-12-9(5-11)3-4-21-17(12)26/h1-2,5-8H,3-4H2,(H,21,26)(H,23,25,27). The number of nitrogens with zero attached hydrogens (tertiary/aromatic N) is 2. The first-order valence-electron chi connectivity index (χ1n) is 8.19. The van der Waals surface area contributed by atoms with Gasteiger partial charge in [-0.25, -0.2) is 4.79 Å². The molecule has 0 fully saturated rings. The van der Waals surface area contributed by atoms with Crippen LogP contribution in [0.25, 0.3) is 5.69 Å². The van der Waals surface area contributed by atoms with Gasteiger partial charge in [-0.1, -0.05) is 23.2 Å². The maximum atomic E-state index is 11.9. The molecule has 1 amide bonds. The van der Waals surface area contributed by atoms with E-state index in [-0.39, 0.29) is 27.4 Å². The van der Waals surface area contributed by atoms with Crippen LogP contribution in [0, 0.1) is 0 Å². The third kappa shape index (κ3) is 3.39. The lowest BCUT2D eigenvalue weighted by atomic mass is 10.0. The molecule has 142 valence electrons. The number of carbonyl (C=O) groups excluding carboxylic acids is 1. The Hall–Kier alpha value is -3.10. The van der Waals surface area contributed by atoms with Crippen molar-refractivity contribution in [1.29, 1.82) is 0 Å². The topological polar surface area (TPSA) is 106 Å². The number of benzene rings is 2. The Morgan fingerprint density at radius 3 is 2.54 bits per heavy atom. The molecule has 3 aromatic rings. The van der Waals surface area contributed by atoms with Crippen LogP contribution < -0.4 is 21.3 Å². The first kappa shape index (κ1) is 18.3. The van der Waals surface area contributed by atoms with E-state index in [0.29, 0.717) is 24.3 Å². The normalized spacial score (nSPS) is 13.0. The van der Waals surface area contributed by atoms with E-state index >= 15 is 0 Å². The lowest BCUT2D eigenvalue weighted by Gasteiger charge is -2.18. The fraction of sp³-hybridized carbons (Fsp3) is 0.111. The van der Waals surface area contributed by atoms with E-state index in [9.17, 15) is 14.4 Å². The lowest BCUT2D eigenvalue weighted by molar-refractivity contribution is 0.0946. The Bertz CT molecular complexity index is 1200. The zero-order chi connectivity index (χ0) is 19.8. The van der Waals surface area contributed by atoms with Crippen LogP contribution in [0.1, 0.15) is 15.9 Å². The van der Waals surface area contributed by atoms with E-state index in [1.165, 1.54) is 12.1 Å². The molecule has 0 saturated heterocycles. The van der Waals surface area contributed by atoms with Crippen molar-refractivity contribution < 1.29 is 9.53 Å². The van der Waals surface area contributed by atoms with E-state index in [1.807, 2.05) is 0 Å². The minimum absolute atomic E-state index is 0.118. The van der Waals surface area contributed by atoms with Gasteiger partial charge in [0.15, 0.2) is 5.75 Å². The number of nitrogens with one attached hydrogen (secondary N) is 2. The van der Waals surface area contributed by atoms with Crippen LogP contribution >= 0.6 is 23.2 Å². The van der Waals surface area contributed by atoms with Gasteiger partial charge in [-0.15, -0.1) is 0 Å². The molecule has 0 atom stereocenters. The van der Waals surface area contributed by atoms with Crippen molar-refractivity contribution in [3.63, 3.8) is 0 Å². The first-order valence-corrected chi connectivity index (χ1v) is 8.95. The monoisotopic (exact) mass is 418 g/mol. The summed E-state index contributed by atoms with van der Waals surface area (Å²) in [5.41, 5.74) is 0.412. The Morgan fingerprint density at radius 1 is 1.07 bits per heavy atom. The minimum Gasteiger partial charge on any atom is -0.454 e. The van der Waals surface area contributed by atoms with Gasteiger partial charge < -0.3 is 10.1 Å². The van der Waals surface area contributed by atoms with Crippen molar-refractivity contribution in [2.45, 2.75) is 6.42 Å². The molecule has 2 heterocycles. The molecule has 1 aromatic heterocycles. The van der Waals surface area contributed by atoms with Crippen LogP contribution in [0.5, 0.6) is 11.5 Å². The molecule has 0 spiro atoms. The number of hydrogen-bond donors (Lipinski definition) is 2. The van der Waals surface area contributed by atoms with Gasteiger partial charge in [0.2, 0.25) is 0 Å².